The van der Waals surface area contributed by atoms with Gasteiger partial charge in [0, 0.05) is 35.0 Å². The van der Waals surface area contributed by atoms with Crippen molar-refractivity contribution in [1.82, 2.24) is 15.1 Å². The average Bonchev–Trinajstić information content (AvgIpc) is 2.79. The quantitative estimate of drug-likeness (QED) is 0.587. The Balaban J connectivity index is 1.81. The van der Waals surface area contributed by atoms with Gasteiger partial charge < -0.3 is 5.32 Å². The minimum atomic E-state index is 0.0685. The maximum atomic E-state index is 12.2. The molecule has 4 nitrogen and oxygen atoms in total. The molecule has 2 aromatic rings. The van der Waals surface area contributed by atoms with Crippen LogP contribution in [-0.4, -0.2) is 28.0 Å². The third kappa shape index (κ3) is 5.41. The Morgan fingerprint density at radius 2 is 1.96 bits per heavy atom. The summed E-state index contributed by atoms with van der Waals surface area (Å²) < 4.78 is 2.02. The fourth-order valence-corrected chi connectivity index (χ4v) is 3.40. The van der Waals surface area contributed by atoms with Crippen LogP contribution < -0.4 is 5.32 Å². The van der Waals surface area contributed by atoms with Gasteiger partial charge in [0.25, 0.3) is 0 Å². The molecular weight excluding hydrogens is 318 g/mol. The van der Waals surface area contributed by atoms with Gasteiger partial charge in [-0.3, -0.25) is 9.48 Å². The Morgan fingerprint density at radius 1 is 1.25 bits per heavy atom. The molecule has 5 heteroatoms. The van der Waals surface area contributed by atoms with Crippen LogP contribution in [0.1, 0.15) is 30.8 Å². The Kier molecular flexibility index (Phi) is 6.91. The van der Waals surface area contributed by atoms with Crippen molar-refractivity contribution in [2.75, 3.05) is 12.3 Å². The standard InChI is InChI=1S/C19H27N3OS/c1-14(2)13-22-16(4)18(15(3)21-22)12-19(23)20-10-11-24-17-8-6-5-7-9-17/h5-9,14H,10-13H2,1-4H3,(H,20,23). The summed E-state index contributed by atoms with van der Waals surface area (Å²) in [7, 11) is 0. The highest BCUT2D eigenvalue weighted by Gasteiger charge is 2.15. The van der Waals surface area contributed by atoms with Gasteiger partial charge in [-0.2, -0.15) is 5.10 Å². The third-order valence-electron chi connectivity index (χ3n) is 3.84. The maximum absolute atomic E-state index is 12.2. The summed E-state index contributed by atoms with van der Waals surface area (Å²) in [5.74, 6) is 1.49. The largest absolute Gasteiger partial charge is 0.355 e. The number of carbonyl (C=O) groups is 1. The number of aryl methyl sites for hydroxylation is 1. The number of aromatic nitrogens is 2. The van der Waals surface area contributed by atoms with Gasteiger partial charge >= 0.3 is 0 Å². The van der Waals surface area contributed by atoms with Crippen molar-refractivity contribution in [2.45, 2.75) is 45.6 Å². The Labute approximate surface area is 149 Å². The molecule has 2 rings (SSSR count). The molecule has 0 fully saturated rings. The minimum Gasteiger partial charge on any atom is -0.355 e. The van der Waals surface area contributed by atoms with Crippen molar-refractivity contribution in [3.8, 4) is 0 Å². The zero-order valence-corrected chi connectivity index (χ0v) is 15.8. The Bertz CT molecular complexity index is 665. The van der Waals surface area contributed by atoms with E-state index in [2.05, 4.69) is 43.3 Å². The molecule has 0 atom stereocenters. The van der Waals surface area contributed by atoms with Crippen molar-refractivity contribution < 1.29 is 4.79 Å². The molecule has 0 saturated heterocycles. The number of thioether (sulfide) groups is 1. The normalized spacial score (nSPS) is 11.0. The molecule has 0 bridgehead atoms. The summed E-state index contributed by atoms with van der Waals surface area (Å²) in [4.78, 5) is 13.4. The number of nitrogens with zero attached hydrogens (tertiary/aromatic N) is 2. The highest BCUT2D eigenvalue weighted by molar-refractivity contribution is 7.99. The summed E-state index contributed by atoms with van der Waals surface area (Å²) in [5, 5.41) is 7.58. The van der Waals surface area contributed by atoms with Crippen LogP contribution >= 0.6 is 11.8 Å². The lowest BCUT2D eigenvalue weighted by atomic mass is 10.1. The van der Waals surface area contributed by atoms with Gasteiger partial charge in [0.2, 0.25) is 5.91 Å². The number of nitrogens with one attached hydrogen (secondary N) is 1. The number of benzene rings is 1. The smallest absolute Gasteiger partial charge is 0.224 e. The van der Waals surface area contributed by atoms with Gasteiger partial charge in [-0.25, -0.2) is 0 Å². The number of rotatable bonds is 8. The van der Waals surface area contributed by atoms with Gasteiger partial charge in [0.05, 0.1) is 12.1 Å². The van der Waals surface area contributed by atoms with Crippen molar-refractivity contribution >= 4 is 17.7 Å². The molecule has 24 heavy (non-hydrogen) atoms. The molecular formula is C19H27N3OS. The van der Waals surface area contributed by atoms with Crippen LogP contribution in [0.25, 0.3) is 0 Å². The molecule has 1 N–H and O–H groups in total. The summed E-state index contributed by atoms with van der Waals surface area (Å²) in [6.07, 6.45) is 0.408. The first-order chi connectivity index (χ1) is 11.5. The maximum Gasteiger partial charge on any atom is 0.224 e. The van der Waals surface area contributed by atoms with Gasteiger partial charge in [-0.15, -0.1) is 11.8 Å². The van der Waals surface area contributed by atoms with Crippen LogP contribution in [0.15, 0.2) is 35.2 Å². The van der Waals surface area contributed by atoms with E-state index < -0.39 is 0 Å². The van der Waals surface area contributed by atoms with Crippen LogP contribution in [0.4, 0.5) is 0 Å². The second-order valence-electron chi connectivity index (χ2n) is 6.41. The molecule has 0 saturated carbocycles. The molecule has 0 aliphatic carbocycles. The summed E-state index contributed by atoms with van der Waals surface area (Å²) in [6, 6.07) is 10.2. The first-order valence-corrected chi connectivity index (χ1v) is 9.43. The molecule has 130 valence electrons. The first kappa shape index (κ1) is 18.6. The molecule has 1 heterocycles. The van der Waals surface area contributed by atoms with E-state index in [1.165, 1.54) is 4.90 Å². The lowest BCUT2D eigenvalue weighted by Crippen LogP contribution is -2.27. The number of hydrogen-bond acceptors (Lipinski definition) is 3. The third-order valence-corrected chi connectivity index (χ3v) is 4.86. The van der Waals surface area contributed by atoms with Gasteiger partial charge in [-0.05, 0) is 31.9 Å². The topological polar surface area (TPSA) is 46.9 Å². The molecule has 0 aliphatic heterocycles. The fourth-order valence-electron chi connectivity index (χ4n) is 2.61. The Hall–Kier alpha value is -1.75. The minimum absolute atomic E-state index is 0.0685. The first-order valence-electron chi connectivity index (χ1n) is 8.44. The Morgan fingerprint density at radius 3 is 2.62 bits per heavy atom. The molecule has 1 aromatic carbocycles. The summed E-state index contributed by atoms with van der Waals surface area (Å²) >= 11 is 1.75. The van der Waals surface area contributed by atoms with Crippen LogP contribution in [0.3, 0.4) is 0 Å². The van der Waals surface area contributed by atoms with Crippen molar-refractivity contribution in [3.05, 3.63) is 47.3 Å². The zero-order valence-electron chi connectivity index (χ0n) is 15.0. The van der Waals surface area contributed by atoms with Crippen molar-refractivity contribution in [1.29, 1.82) is 0 Å². The van der Waals surface area contributed by atoms with E-state index in [9.17, 15) is 4.79 Å². The number of hydrogen-bond donors (Lipinski definition) is 1. The van der Waals surface area contributed by atoms with E-state index in [0.29, 0.717) is 18.9 Å². The predicted octanol–water partition coefficient (Wildman–Crippen LogP) is 3.61. The zero-order chi connectivity index (χ0) is 17.5. The van der Waals surface area contributed by atoms with E-state index in [1.54, 1.807) is 11.8 Å². The molecule has 0 spiro atoms. The second-order valence-corrected chi connectivity index (χ2v) is 7.58. The van der Waals surface area contributed by atoms with Crippen LogP contribution in [0.2, 0.25) is 0 Å². The van der Waals surface area contributed by atoms with Crippen LogP contribution in [0, 0.1) is 19.8 Å². The van der Waals surface area contributed by atoms with Gasteiger partial charge in [0.1, 0.15) is 0 Å². The molecule has 1 aromatic heterocycles. The summed E-state index contributed by atoms with van der Waals surface area (Å²) in [6.45, 7) is 9.95. The molecule has 0 radical (unpaired) electrons. The lowest BCUT2D eigenvalue weighted by molar-refractivity contribution is -0.120. The van der Waals surface area contributed by atoms with E-state index in [4.69, 9.17) is 0 Å². The highest BCUT2D eigenvalue weighted by Crippen LogP contribution is 2.17. The number of amides is 1. The van der Waals surface area contributed by atoms with Crippen molar-refractivity contribution in [2.24, 2.45) is 5.92 Å². The van der Waals surface area contributed by atoms with E-state index in [1.807, 2.05) is 29.8 Å². The monoisotopic (exact) mass is 345 g/mol. The molecule has 1 amide bonds. The van der Waals surface area contributed by atoms with E-state index >= 15 is 0 Å². The number of carbonyl (C=O) groups excluding carboxylic acids is 1. The predicted molar refractivity (Wildman–Crippen MR) is 100 cm³/mol. The van der Waals surface area contributed by atoms with Crippen molar-refractivity contribution in [3.63, 3.8) is 0 Å². The fraction of sp³-hybridized carbons (Fsp3) is 0.474. The van der Waals surface area contributed by atoms with Gasteiger partial charge in [-0.1, -0.05) is 32.0 Å². The van der Waals surface area contributed by atoms with E-state index in [-0.39, 0.29) is 5.91 Å². The highest BCUT2D eigenvalue weighted by atomic mass is 32.2. The van der Waals surface area contributed by atoms with Crippen LogP contribution in [-0.2, 0) is 17.8 Å². The molecule has 0 aliphatic rings. The lowest BCUT2D eigenvalue weighted by Gasteiger charge is -2.08. The average molecular weight is 346 g/mol. The van der Waals surface area contributed by atoms with Gasteiger partial charge in [0.15, 0.2) is 0 Å². The van der Waals surface area contributed by atoms with Crippen LogP contribution in [0.5, 0.6) is 0 Å². The summed E-state index contributed by atoms with van der Waals surface area (Å²) in [5.41, 5.74) is 3.13. The SMILES string of the molecule is Cc1nn(CC(C)C)c(C)c1CC(=O)NCCSc1ccccc1. The molecule has 0 unspecified atom stereocenters. The second kappa shape index (κ2) is 8.92. The van der Waals surface area contributed by atoms with E-state index in [0.717, 1.165) is 29.2 Å².